The third-order valence-electron chi connectivity index (χ3n) is 4.59. The van der Waals surface area contributed by atoms with Crippen molar-refractivity contribution in [2.45, 2.75) is 31.5 Å². The Morgan fingerprint density at radius 3 is 1.95 bits per heavy atom. The van der Waals surface area contributed by atoms with Crippen LogP contribution in [0.2, 0.25) is 0 Å². The Kier molecular flexibility index (Phi) is 3.75. The van der Waals surface area contributed by atoms with Crippen LogP contribution in [0.15, 0.2) is 60.7 Å². The first kappa shape index (κ1) is 14.8. The molecule has 2 aromatic carbocycles. The van der Waals surface area contributed by atoms with Crippen LogP contribution in [0.4, 0.5) is 0 Å². The van der Waals surface area contributed by atoms with Gasteiger partial charge in [0.1, 0.15) is 11.6 Å². The average Bonchev–Trinajstić information content (AvgIpc) is 2.54. The summed E-state index contributed by atoms with van der Waals surface area (Å²) in [5, 5.41) is 0. The third kappa shape index (κ3) is 2.42. The Morgan fingerprint density at radius 2 is 1.41 bits per heavy atom. The normalized spacial score (nSPS) is 24.8. The largest absolute Gasteiger partial charge is 0.454 e. The van der Waals surface area contributed by atoms with E-state index in [4.69, 9.17) is 4.74 Å². The topological polar surface area (TPSA) is 29.5 Å². The van der Waals surface area contributed by atoms with Crippen LogP contribution >= 0.6 is 0 Å². The van der Waals surface area contributed by atoms with Gasteiger partial charge in [-0.25, -0.2) is 0 Å². The lowest BCUT2D eigenvalue weighted by molar-refractivity contribution is -0.184. The minimum Gasteiger partial charge on any atom is -0.454 e. The number of rotatable bonds is 2. The van der Waals surface area contributed by atoms with Gasteiger partial charge in [0, 0.05) is 0 Å². The molecule has 1 aliphatic rings. The zero-order valence-electron chi connectivity index (χ0n) is 13.2. The van der Waals surface area contributed by atoms with Gasteiger partial charge in [-0.2, -0.15) is 0 Å². The Labute approximate surface area is 131 Å². The zero-order valence-corrected chi connectivity index (χ0v) is 13.2. The van der Waals surface area contributed by atoms with Gasteiger partial charge < -0.3 is 4.74 Å². The number of nitrogens with zero attached hydrogens (tertiary/aromatic N) is 1. The maximum Gasteiger partial charge on any atom is 0.326 e. The molecular weight excluding hydrogens is 274 g/mol. The van der Waals surface area contributed by atoms with E-state index in [1.54, 1.807) is 0 Å². The molecule has 1 heterocycles. The van der Waals surface area contributed by atoms with Crippen molar-refractivity contribution in [1.82, 2.24) is 4.90 Å². The fourth-order valence-electron chi connectivity index (χ4n) is 2.96. The number of hydrogen-bond acceptors (Lipinski definition) is 3. The maximum atomic E-state index is 12.4. The van der Waals surface area contributed by atoms with E-state index in [9.17, 15) is 4.79 Å². The highest BCUT2D eigenvalue weighted by molar-refractivity contribution is 5.81. The predicted molar refractivity (Wildman–Crippen MR) is 86.3 cm³/mol. The SMILES string of the molecule is CN1C(c2ccccc2)C(c2ccccc2)OC(=O)C1(C)C. The van der Waals surface area contributed by atoms with E-state index in [2.05, 4.69) is 17.0 Å². The zero-order chi connectivity index (χ0) is 15.7. The number of hydrogen-bond donors (Lipinski definition) is 0. The average molecular weight is 295 g/mol. The van der Waals surface area contributed by atoms with Crippen LogP contribution in [0.5, 0.6) is 0 Å². The number of benzene rings is 2. The fourth-order valence-corrected chi connectivity index (χ4v) is 2.96. The number of cyclic esters (lactones) is 1. The minimum atomic E-state index is -0.647. The van der Waals surface area contributed by atoms with E-state index in [0.717, 1.165) is 11.1 Å². The first-order valence-electron chi connectivity index (χ1n) is 7.56. The van der Waals surface area contributed by atoms with E-state index in [0.29, 0.717) is 0 Å². The molecule has 2 aromatic rings. The Morgan fingerprint density at radius 1 is 0.909 bits per heavy atom. The van der Waals surface area contributed by atoms with Gasteiger partial charge in [-0.1, -0.05) is 60.7 Å². The molecule has 3 nitrogen and oxygen atoms in total. The van der Waals surface area contributed by atoms with E-state index in [1.807, 2.05) is 69.4 Å². The van der Waals surface area contributed by atoms with Gasteiger partial charge >= 0.3 is 5.97 Å². The van der Waals surface area contributed by atoms with Gasteiger partial charge in [-0.05, 0) is 32.0 Å². The van der Waals surface area contributed by atoms with Gasteiger partial charge in [-0.15, -0.1) is 0 Å². The molecule has 22 heavy (non-hydrogen) atoms. The molecule has 114 valence electrons. The quantitative estimate of drug-likeness (QED) is 0.791. The molecule has 0 aromatic heterocycles. The van der Waals surface area contributed by atoms with Gasteiger partial charge in [0.15, 0.2) is 0 Å². The van der Waals surface area contributed by atoms with Crippen LogP contribution < -0.4 is 0 Å². The first-order valence-corrected chi connectivity index (χ1v) is 7.56. The summed E-state index contributed by atoms with van der Waals surface area (Å²) in [5.74, 6) is -0.184. The molecule has 0 spiro atoms. The molecule has 0 amide bonds. The lowest BCUT2D eigenvalue weighted by Gasteiger charge is -2.47. The highest BCUT2D eigenvalue weighted by atomic mass is 16.6. The highest BCUT2D eigenvalue weighted by Gasteiger charge is 2.48. The number of morpholine rings is 1. The minimum absolute atomic E-state index is 0.00343. The summed E-state index contributed by atoms with van der Waals surface area (Å²) in [4.78, 5) is 14.5. The molecule has 1 aliphatic heterocycles. The lowest BCUT2D eigenvalue weighted by Crippen LogP contribution is -2.56. The van der Waals surface area contributed by atoms with Crippen molar-refractivity contribution in [3.05, 3.63) is 71.8 Å². The number of likely N-dealkylation sites (N-methyl/N-ethyl adjacent to an activating group) is 1. The van der Waals surface area contributed by atoms with Crippen molar-refractivity contribution < 1.29 is 9.53 Å². The summed E-state index contributed by atoms with van der Waals surface area (Å²) in [5.41, 5.74) is 1.53. The second kappa shape index (κ2) is 5.58. The van der Waals surface area contributed by atoms with Crippen molar-refractivity contribution >= 4 is 5.97 Å². The highest BCUT2D eigenvalue weighted by Crippen LogP contribution is 2.44. The summed E-state index contributed by atoms with van der Waals surface area (Å²) in [6.07, 6.45) is -0.297. The fraction of sp³-hybridized carbons (Fsp3) is 0.316. The lowest BCUT2D eigenvalue weighted by atomic mass is 9.88. The van der Waals surface area contributed by atoms with Crippen LogP contribution in [0.1, 0.15) is 37.1 Å². The molecule has 3 heteroatoms. The molecule has 1 saturated heterocycles. The maximum absolute atomic E-state index is 12.4. The van der Waals surface area contributed by atoms with E-state index in [1.165, 1.54) is 0 Å². The van der Waals surface area contributed by atoms with E-state index < -0.39 is 5.54 Å². The summed E-state index contributed by atoms with van der Waals surface area (Å²) in [6, 6.07) is 20.2. The van der Waals surface area contributed by atoms with Crippen molar-refractivity contribution in [3.8, 4) is 0 Å². The van der Waals surface area contributed by atoms with Crippen LogP contribution in [0.3, 0.4) is 0 Å². The Bertz CT molecular complexity index is 652. The number of carbonyl (C=O) groups is 1. The molecule has 1 fully saturated rings. The molecule has 0 bridgehead atoms. The number of carbonyl (C=O) groups excluding carboxylic acids is 1. The van der Waals surface area contributed by atoms with E-state index in [-0.39, 0.29) is 18.1 Å². The van der Waals surface area contributed by atoms with Crippen LogP contribution in [-0.2, 0) is 9.53 Å². The second-order valence-electron chi connectivity index (χ2n) is 6.26. The number of ether oxygens (including phenoxy) is 1. The molecular formula is C19H21NO2. The van der Waals surface area contributed by atoms with Crippen molar-refractivity contribution in [3.63, 3.8) is 0 Å². The molecule has 0 saturated carbocycles. The molecule has 3 rings (SSSR count). The first-order chi connectivity index (χ1) is 10.5. The summed E-state index contributed by atoms with van der Waals surface area (Å²) in [7, 11) is 1.99. The molecule has 0 radical (unpaired) electrons. The Balaban J connectivity index is 2.08. The summed E-state index contributed by atoms with van der Waals surface area (Å²) in [6.45, 7) is 3.82. The van der Waals surface area contributed by atoms with Crippen LogP contribution in [-0.4, -0.2) is 23.5 Å². The number of esters is 1. The second-order valence-corrected chi connectivity index (χ2v) is 6.26. The van der Waals surface area contributed by atoms with Crippen molar-refractivity contribution in [2.75, 3.05) is 7.05 Å². The van der Waals surface area contributed by atoms with E-state index >= 15 is 0 Å². The smallest absolute Gasteiger partial charge is 0.326 e. The predicted octanol–water partition coefficient (Wildman–Crippen LogP) is 3.74. The molecule has 2 unspecified atom stereocenters. The van der Waals surface area contributed by atoms with Crippen molar-refractivity contribution in [2.24, 2.45) is 0 Å². The molecule has 2 atom stereocenters. The van der Waals surface area contributed by atoms with Crippen LogP contribution in [0, 0.1) is 0 Å². The molecule has 0 aliphatic carbocycles. The summed E-state index contributed by atoms with van der Waals surface area (Å²) < 4.78 is 5.84. The van der Waals surface area contributed by atoms with Crippen LogP contribution in [0.25, 0.3) is 0 Å². The summed E-state index contributed by atoms with van der Waals surface area (Å²) >= 11 is 0. The van der Waals surface area contributed by atoms with Gasteiger partial charge in [0.25, 0.3) is 0 Å². The van der Waals surface area contributed by atoms with Gasteiger partial charge in [0.05, 0.1) is 6.04 Å². The van der Waals surface area contributed by atoms with Gasteiger partial charge in [-0.3, -0.25) is 9.69 Å². The van der Waals surface area contributed by atoms with Gasteiger partial charge in [0.2, 0.25) is 0 Å². The Hall–Kier alpha value is -2.13. The van der Waals surface area contributed by atoms with Crippen molar-refractivity contribution in [1.29, 1.82) is 0 Å². The third-order valence-corrected chi connectivity index (χ3v) is 4.59. The standard InChI is InChI=1S/C19H21NO2/c1-19(2)18(21)22-17(15-12-8-5-9-13-15)16(20(19)3)14-10-6-4-7-11-14/h4-13,16-17H,1-3H3. The monoisotopic (exact) mass is 295 g/mol. The molecule has 0 N–H and O–H groups in total.